The maximum Gasteiger partial charge on any atom is 0.233 e. The molecule has 1 atom stereocenters. The van der Waals surface area contributed by atoms with E-state index in [1.165, 1.54) is 58.2 Å². The van der Waals surface area contributed by atoms with Gasteiger partial charge in [-0.3, -0.25) is 4.90 Å². The van der Waals surface area contributed by atoms with E-state index in [4.69, 9.17) is 4.42 Å². The second-order valence-electron chi connectivity index (χ2n) is 8.50. The van der Waals surface area contributed by atoms with Gasteiger partial charge in [-0.25, -0.2) is 0 Å². The minimum atomic E-state index is 0.243. The third kappa shape index (κ3) is 5.52. The van der Waals surface area contributed by atoms with Gasteiger partial charge < -0.3 is 9.32 Å². The number of hydrogen-bond donors (Lipinski definition) is 0. The summed E-state index contributed by atoms with van der Waals surface area (Å²) in [5.41, 5.74) is 0. The van der Waals surface area contributed by atoms with Crippen LogP contribution in [-0.2, 0) is 6.42 Å². The number of aromatic nitrogens is 2. The van der Waals surface area contributed by atoms with Crippen molar-refractivity contribution in [1.82, 2.24) is 20.0 Å². The molecule has 0 aliphatic carbocycles. The predicted molar refractivity (Wildman–Crippen MR) is 100 cm³/mol. The zero-order valence-electron chi connectivity index (χ0n) is 16.4. The van der Waals surface area contributed by atoms with Gasteiger partial charge in [0.1, 0.15) is 0 Å². The van der Waals surface area contributed by atoms with Crippen LogP contribution in [0.15, 0.2) is 4.42 Å². The summed E-state index contributed by atoms with van der Waals surface area (Å²) in [6.07, 6.45) is 9.11. The molecule has 2 aliphatic rings. The topological polar surface area (TPSA) is 45.4 Å². The van der Waals surface area contributed by atoms with Crippen LogP contribution in [0, 0.1) is 11.8 Å². The largest absolute Gasteiger partial charge is 0.424 e. The van der Waals surface area contributed by atoms with E-state index in [1.54, 1.807) is 0 Å². The first-order valence-electron chi connectivity index (χ1n) is 10.4. The van der Waals surface area contributed by atoms with Gasteiger partial charge in [-0.05, 0) is 70.6 Å². The Morgan fingerprint density at radius 1 is 0.960 bits per heavy atom. The van der Waals surface area contributed by atoms with E-state index in [9.17, 15) is 0 Å². The van der Waals surface area contributed by atoms with Crippen molar-refractivity contribution in [3.63, 3.8) is 0 Å². The molecule has 2 aliphatic heterocycles. The van der Waals surface area contributed by atoms with Crippen LogP contribution in [0.2, 0.25) is 0 Å². The molecule has 5 heteroatoms. The summed E-state index contributed by atoms with van der Waals surface area (Å²) in [6.45, 7) is 12.8. The summed E-state index contributed by atoms with van der Waals surface area (Å²) in [6, 6.07) is 0.243. The molecule has 0 unspecified atom stereocenters. The molecule has 0 saturated carbocycles. The first-order valence-corrected chi connectivity index (χ1v) is 10.4. The van der Waals surface area contributed by atoms with E-state index in [0.717, 1.165) is 37.2 Å². The third-order valence-electron chi connectivity index (χ3n) is 5.83. The lowest BCUT2D eigenvalue weighted by Crippen LogP contribution is -2.40. The Morgan fingerprint density at radius 3 is 2.28 bits per heavy atom. The second-order valence-corrected chi connectivity index (χ2v) is 8.50. The van der Waals surface area contributed by atoms with Gasteiger partial charge in [-0.2, -0.15) is 0 Å². The molecule has 3 rings (SSSR count). The fourth-order valence-corrected chi connectivity index (χ4v) is 4.23. The van der Waals surface area contributed by atoms with E-state index in [2.05, 4.69) is 40.8 Å². The Morgan fingerprint density at radius 2 is 1.64 bits per heavy atom. The van der Waals surface area contributed by atoms with E-state index in [-0.39, 0.29) is 6.04 Å². The van der Waals surface area contributed by atoms with Crippen molar-refractivity contribution in [2.45, 2.75) is 71.8 Å². The summed E-state index contributed by atoms with van der Waals surface area (Å²) < 4.78 is 5.90. The van der Waals surface area contributed by atoms with Gasteiger partial charge in [0.25, 0.3) is 0 Å². The summed E-state index contributed by atoms with van der Waals surface area (Å²) >= 11 is 0. The lowest BCUT2D eigenvalue weighted by molar-refractivity contribution is 0.104. The Kier molecular flexibility index (Phi) is 6.88. The molecule has 0 N–H and O–H groups in total. The Balaban J connectivity index is 1.45. The van der Waals surface area contributed by atoms with Gasteiger partial charge in [0.2, 0.25) is 11.8 Å². The average Bonchev–Trinajstić information content (AvgIpc) is 2.90. The lowest BCUT2D eigenvalue weighted by Gasteiger charge is -2.36. The second kappa shape index (κ2) is 9.13. The van der Waals surface area contributed by atoms with Crippen LogP contribution in [0.5, 0.6) is 0 Å². The summed E-state index contributed by atoms with van der Waals surface area (Å²) in [4.78, 5) is 5.23. The fraction of sp³-hybridized carbons (Fsp3) is 0.900. The van der Waals surface area contributed by atoms with E-state index < -0.39 is 0 Å². The third-order valence-corrected chi connectivity index (χ3v) is 5.83. The highest BCUT2D eigenvalue weighted by Gasteiger charge is 2.27. The number of likely N-dealkylation sites (tertiary alicyclic amines) is 2. The highest BCUT2D eigenvalue weighted by molar-refractivity contribution is 4.91. The van der Waals surface area contributed by atoms with Crippen LogP contribution >= 0.6 is 0 Å². The van der Waals surface area contributed by atoms with Crippen LogP contribution in [-0.4, -0.2) is 52.7 Å². The zero-order valence-corrected chi connectivity index (χ0v) is 16.4. The van der Waals surface area contributed by atoms with Crippen molar-refractivity contribution in [3.05, 3.63) is 11.8 Å². The molecule has 1 aromatic rings. The maximum atomic E-state index is 5.90. The SMILES string of the molecule is CC(C)Cc1nnc([C@@H](C)N2CCC(CN3CCCCCC3)CC2)o1. The smallest absolute Gasteiger partial charge is 0.233 e. The summed E-state index contributed by atoms with van der Waals surface area (Å²) in [5.74, 6) is 2.99. The molecule has 2 saturated heterocycles. The molecule has 0 aromatic carbocycles. The Bertz CT molecular complexity index is 500. The first kappa shape index (κ1) is 18.8. The van der Waals surface area contributed by atoms with Crippen LogP contribution in [0.25, 0.3) is 0 Å². The van der Waals surface area contributed by atoms with E-state index in [1.807, 2.05) is 0 Å². The zero-order chi connectivity index (χ0) is 17.6. The molecule has 3 heterocycles. The van der Waals surface area contributed by atoms with Crippen molar-refractivity contribution < 1.29 is 4.42 Å². The molecule has 0 bridgehead atoms. The van der Waals surface area contributed by atoms with Gasteiger partial charge in [0, 0.05) is 13.0 Å². The minimum absolute atomic E-state index is 0.243. The fourth-order valence-electron chi connectivity index (χ4n) is 4.23. The van der Waals surface area contributed by atoms with Crippen molar-refractivity contribution >= 4 is 0 Å². The lowest BCUT2D eigenvalue weighted by atomic mass is 9.95. The quantitative estimate of drug-likeness (QED) is 0.780. The predicted octanol–water partition coefficient (Wildman–Crippen LogP) is 3.92. The highest BCUT2D eigenvalue weighted by Crippen LogP contribution is 2.27. The molecular weight excluding hydrogens is 312 g/mol. The molecule has 0 radical (unpaired) electrons. The molecule has 142 valence electrons. The van der Waals surface area contributed by atoms with Gasteiger partial charge in [-0.15, -0.1) is 10.2 Å². The molecule has 2 fully saturated rings. The van der Waals surface area contributed by atoms with Gasteiger partial charge in [0.05, 0.1) is 6.04 Å². The molecular formula is C20H36N4O. The van der Waals surface area contributed by atoms with E-state index >= 15 is 0 Å². The van der Waals surface area contributed by atoms with Crippen LogP contribution in [0.3, 0.4) is 0 Å². The monoisotopic (exact) mass is 348 g/mol. The molecule has 0 amide bonds. The molecule has 1 aromatic heterocycles. The normalized spacial score (nSPS) is 23.0. The Labute approximate surface area is 153 Å². The van der Waals surface area contributed by atoms with Crippen molar-refractivity contribution in [2.24, 2.45) is 11.8 Å². The Hall–Kier alpha value is -0.940. The molecule has 5 nitrogen and oxygen atoms in total. The van der Waals surface area contributed by atoms with E-state index in [0.29, 0.717) is 5.92 Å². The van der Waals surface area contributed by atoms with Crippen molar-refractivity contribution in [2.75, 3.05) is 32.7 Å². The van der Waals surface area contributed by atoms with Crippen LogP contribution < -0.4 is 0 Å². The van der Waals surface area contributed by atoms with Crippen LogP contribution in [0.1, 0.15) is 77.1 Å². The maximum absolute atomic E-state index is 5.90. The molecule has 25 heavy (non-hydrogen) atoms. The highest BCUT2D eigenvalue weighted by atomic mass is 16.4. The minimum Gasteiger partial charge on any atom is -0.424 e. The van der Waals surface area contributed by atoms with Crippen LogP contribution in [0.4, 0.5) is 0 Å². The number of rotatable bonds is 6. The van der Waals surface area contributed by atoms with Crippen molar-refractivity contribution in [3.8, 4) is 0 Å². The standard InChI is InChI=1S/C20H36N4O/c1-16(2)14-19-21-22-20(25-19)17(3)24-12-8-18(9-13-24)15-23-10-6-4-5-7-11-23/h16-18H,4-15H2,1-3H3/t17-/m1/s1. The van der Waals surface area contributed by atoms with Gasteiger partial charge in [-0.1, -0.05) is 26.7 Å². The number of piperidine rings is 1. The number of hydrogen-bond acceptors (Lipinski definition) is 5. The molecule has 0 spiro atoms. The summed E-state index contributed by atoms with van der Waals surface area (Å²) in [5, 5.41) is 8.52. The van der Waals surface area contributed by atoms with Gasteiger partial charge >= 0.3 is 0 Å². The van der Waals surface area contributed by atoms with Crippen molar-refractivity contribution in [1.29, 1.82) is 0 Å². The first-order chi connectivity index (χ1) is 12.1. The summed E-state index contributed by atoms with van der Waals surface area (Å²) in [7, 11) is 0. The average molecular weight is 349 g/mol. The van der Waals surface area contributed by atoms with Gasteiger partial charge in [0.15, 0.2) is 0 Å². The number of nitrogens with zero attached hydrogens (tertiary/aromatic N) is 4.